The Bertz CT molecular complexity index is 619. The largest absolute Gasteiger partial charge is 0.492 e. The molecule has 1 aliphatic heterocycles. The van der Waals surface area contributed by atoms with Crippen molar-refractivity contribution in [3.05, 3.63) is 24.3 Å². The van der Waals surface area contributed by atoms with Gasteiger partial charge in [-0.2, -0.15) is 0 Å². The Balaban J connectivity index is 1.45. The zero-order valence-corrected chi connectivity index (χ0v) is 17.2. The molecule has 1 heterocycles. The van der Waals surface area contributed by atoms with Gasteiger partial charge in [-0.15, -0.1) is 0 Å². The lowest BCUT2D eigenvalue weighted by Gasteiger charge is -2.34. The minimum Gasteiger partial charge on any atom is -0.492 e. The highest BCUT2D eigenvalue weighted by atomic mass is 16.5. The Morgan fingerprint density at radius 1 is 1.19 bits per heavy atom. The molecule has 0 radical (unpaired) electrons. The maximum atomic E-state index is 12.6. The summed E-state index contributed by atoms with van der Waals surface area (Å²) in [7, 11) is 1.61. The van der Waals surface area contributed by atoms with Crippen LogP contribution in [0.4, 0.5) is 5.69 Å². The Hall–Kier alpha value is -1.59. The van der Waals surface area contributed by atoms with Crippen molar-refractivity contribution in [2.75, 3.05) is 38.7 Å². The maximum absolute atomic E-state index is 12.6. The first-order chi connectivity index (χ1) is 12.9. The number of anilines is 1. The van der Waals surface area contributed by atoms with Crippen molar-refractivity contribution in [3.8, 4) is 5.75 Å². The molecule has 27 heavy (non-hydrogen) atoms. The molecule has 1 aromatic carbocycles. The van der Waals surface area contributed by atoms with Crippen LogP contribution in [-0.4, -0.2) is 49.8 Å². The second-order valence-corrected chi connectivity index (χ2v) is 8.62. The zero-order valence-electron chi connectivity index (χ0n) is 17.2. The first-order valence-electron chi connectivity index (χ1n) is 10.2. The average Bonchev–Trinajstić information content (AvgIpc) is 3.47. The van der Waals surface area contributed by atoms with E-state index in [1.54, 1.807) is 7.11 Å². The van der Waals surface area contributed by atoms with Crippen LogP contribution >= 0.6 is 0 Å². The van der Waals surface area contributed by atoms with Crippen molar-refractivity contribution in [2.24, 2.45) is 17.8 Å². The molecule has 5 nitrogen and oxygen atoms in total. The standard InChI is InChI=1S/C22H34N2O3/c1-16-13-17(2)15-24(14-16)11-12-27-20-9-7-19(8-10-20)23-21(25)22(3,26-4)18-5-6-18/h7-10,16-18H,5-6,11-15H2,1-4H3,(H,23,25)/t16-,17+,22-/m0/s1. The first kappa shape index (κ1) is 20.2. The van der Waals surface area contributed by atoms with Crippen LogP contribution in [0.25, 0.3) is 0 Å². The predicted octanol–water partition coefficient (Wildman–Crippen LogP) is 3.80. The van der Waals surface area contributed by atoms with Gasteiger partial charge in [0.25, 0.3) is 5.91 Å². The highest BCUT2D eigenvalue weighted by Gasteiger charge is 2.47. The fraction of sp³-hybridized carbons (Fsp3) is 0.682. The normalized spacial score (nSPS) is 25.6. The van der Waals surface area contributed by atoms with Crippen molar-refractivity contribution in [1.29, 1.82) is 0 Å². The van der Waals surface area contributed by atoms with Gasteiger partial charge in [-0.25, -0.2) is 0 Å². The van der Waals surface area contributed by atoms with Gasteiger partial charge in [0.1, 0.15) is 18.0 Å². The summed E-state index contributed by atoms with van der Waals surface area (Å²) < 4.78 is 11.4. The number of carbonyl (C=O) groups is 1. The maximum Gasteiger partial charge on any atom is 0.256 e. The number of rotatable bonds is 8. The van der Waals surface area contributed by atoms with Crippen LogP contribution in [0.5, 0.6) is 5.75 Å². The monoisotopic (exact) mass is 374 g/mol. The number of methoxy groups -OCH3 is 1. The second kappa shape index (κ2) is 8.61. The molecule has 0 bridgehead atoms. The number of nitrogens with one attached hydrogen (secondary N) is 1. The van der Waals surface area contributed by atoms with Crippen molar-refractivity contribution >= 4 is 11.6 Å². The van der Waals surface area contributed by atoms with E-state index in [2.05, 4.69) is 24.1 Å². The third kappa shape index (κ3) is 5.23. The molecule has 1 saturated carbocycles. The second-order valence-electron chi connectivity index (χ2n) is 8.62. The number of ether oxygens (including phenoxy) is 2. The molecule has 0 aromatic heterocycles. The van der Waals surface area contributed by atoms with Gasteiger partial charge < -0.3 is 14.8 Å². The van der Waals surface area contributed by atoms with Gasteiger partial charge in [-0.1, -0.05) is 13.8 Å². The Labute approximate surface area is 163 Å². The fourth-order valence-electron chi connectivity index (χ4n) is 4.24. The topological polar surface area (TPSA) is 50.8 Å². The molecular formula is C22H34N2O3. The van der Waals surface area contributed by atoms with Crippen molar-refractivity contribution in [2.45, 2.75) is 45.6 Å². The number of amides is 1. The molecular weight excluding hydrogens is 340 g/mol. The van der Waals surface area contributed by atoms with Crippen LogP contribution in [0, 0.1) is 17.8 Å². The molecule has 1 saturated heterocycles. The summed E-state index contributed by atoms with van der Waals surface area (Å²) in [6.45, 7) is 10.5. The highest BCUT2D eigenvalue weighted by molar-refractivity contribution is 5.97. The minimum atomic E-state index is -0.738. The molecule has 2 fully saturated rings. The molecule has 3 atom stereocenters. The number of piperidine rings is 1. The molecule has 1 aliphatic carbocycles. The van der Waals surface area contributed by atoms with Crippen molar-refractivity contribution in [3.63, 3.8) is 0 Å². The smallest absolute Gasteiger partial charge is 0.256 e. The quantitative estimate of drug-likeness (QED) is 0.752. The van der Waals surface area contributed by atoms with Crippen molar-refractivity contribution < 1.29 is 14.3 Å². The molecule has 3 rings (SSSR count). The van der Waals surface area contributed by atoms with E-state index in [9.17, 15) is 4.79 Å². The molecule has 0 unspecified atom stereocenters. The van der Waals surface area contributed by atoms with Crippen molar-refractivity contribution in [1.82, 2.24) is 4.90 Å². The molecule has 2 aliphatic rings. The van der Waals surface area contributed by atoms with Crippen LogP contribution in [0.1, 0.15) is 40.0 Å². The first-order valence-corrected chi connectivity index (χ1v) is 10.2. The lowest BCUT2D eigenvalue weighted by Crippen LogP contribution is -2.44. The van der Waals surface area contributed by atoms with Gasteiger partial charge in [0, 0.05) is 32.4 Å². The molecule has 1 N–H and O–H groups in total. The number of carbonyl (C=O) groups excluding carboxylic acids is 1. The number of likely N-dealkylation sites (tertiary alicyclic amines) is 1. The van der Waals surface area contributed by atoms with E-state index in [1.165, 1.54) is 6.42 Å². The van der Waals surface area contributed by atoms with Crippen LogP contribution in [0.15, 0.2) is 24.3 Å². The third-order valence-electron chi connectivity index (χ3n) is 5.96. The lowest BCUT2D eigenvalue weighted by atomic mass is 9.92. The number of hydrogen-bond donors (Lipinski definition) is 1. The molecule has 1 amide bonds. The van der Waals surface area contributed by atoms with Crippen LogP contribution in [0.2, 0.25) is 0 Å². The zero-order chi connectivity index (χ0) is 19.4. The Morgan fingerprint density at radius 3 is 2.37 bits per heavy atom. The van der Waals surface area contributed by atoms with Crippen LogP contribution in [-0.2, 0) is 9.53 Å². The summed E-state index contributed by atoms with van der Waals surface area (Å²) in [5, 5.41) is 2.97. The van der Waals surface area contributed by atoms with E-state index in [0.717, 1.165) is 55.7 Å². The number of nitrogens with zero attached hydrogens (tertiary/aromatic N) is 1. The Kier molecular flexibility index (Phi) is 6.43. The summed E-state index contributed by atoms with van der Waals surface area (Å²) in [4.78, 5) is 15.1. The number of benzene rings is 1. The molecule has 1 aromatic rings. The van der Waals surface area contributed by atoms with Gasteiger partial charge in [0.15, 0.2) is 0 Å². The summed E-state index contributed by atoms with van der Waals surface area (Å²) in [6.07, 6.45) is 3.44. The van der Waals surface area contributed by atoms with E-state index in [4.69, 9.17) is 9.47 Å². The summed E-state index contributed by atoms with van der Waals surface area (Å²) in [5.74, 6) is 2.62. The van der Waals surface area contributed by atoms with Crippen LogP contribution < -0.4 is 10.1 Å². The highest BCUT2D eigenvalue weighted by Crippen LogP contribution is 2.42. The van der Waals surface area contributed by atoms with E-state index in [0.29, 0.717) is 12.5 Å². The molecule has 5 heteroatoms. The van der Waals surface area contributed by atoms with Gasteiger partial charge in [-0.05, 0) is 68.2 Å². The lowest BCUT2D eigenvalue weighted by molar-refractivity contribution is -0.138. The van der Waals surface area contributed by atoms with E-state index < -0.39 is 5.60 Å². The van der Waals surface area contributed by atoms with Gasteiger partial charge in [0.2, 0.25) is 0 Å². The number of hydrogen-bond acceptors (Lipinski definition) is 4. The SMILES string of the molecule is CO[C@](C)(C(=O)Nc1ccc(OCCN2C[C@H](C)C[C@H](C)C2)cc1)C1CC1. The Morgan fingerprint density at radius 2 is 1.81 bits per heavy atom. The fourth-order valence-corrected chi connectivity index (χ4v) is 4.24. The van der Waals surface area contributed by atoms with Crippen LogP contribution in [0.3, 0.4) is 0 Å². The van der Waals surface area contributed by atoms with E-state index >= 15 is 0 Å². The average molecular weight is 375 g/mol. The van der Waals surface area contributed by atoms with E-state index in [-0.39, 0.29) is 5.91 Å². The molecule has 0 spiro atoms. The molecule has 150 valence electrons. The van der Waals surface area contributed by atoms with Gasteiger partial charge >= 0.3 is 0 Å². The van der Waals surface area contributed by atoms with E-state index in [1.807, 2.05) is 31.2 Å². The summed E-state index contributed by atoms with van der Waals surface area (Å²) >= 11 is 0. The summed E-state index contributed by atoms with van der Waals surface area (Å²) in [5.41, 5.74) is 0.0349. The summed E-state index contributed by atoms with van der Waals surface area (Å²) in [6, 6.07) is 7.61. The minimum absolute atomic E-state index is 0.0745. The van der Waals surface area contributed by atoms with Gasteiger partial charge in [-0.3, -0.25) is 9.69 Å². The van der Waals surface area contributed by atoms with Gasteiger partial charge in [0.05, 0.1) is 0 Å². The third-order valence-corrected chi connectivity index (χ3v) is 5.96. The predicted molar refractivity (Wildman–Crippen MR) is 108 cm³/mol.